The van der Waals surface area contributed by atoms with Crippen LogP contribution in [0, 0.1) is 0 Å². The Labute approximate surface area is 150 Å². The third kappa shape index (κ3) is 3.54. The molecule has 2 aromatic heterocycles. The maximum absolute atomic E-state index is 12.4. The second-order valence-electron chi connectivity index (χ2n) is 5.82. The van der Waals surface area contributed by atoms with Crippen molar-refractivity contribution in [2.45, 2.75) is 6.67 Å². The van der Waals surface area contributed by atoms with Crippen molar-refractivity contribution < 1.29 is 4.79 Å². The van der Waals surface area contributed by atoms with E-state index >= 15 is 0 Å². The molecule has 2 aromatic carbocycles. The average molecular weight is 343 g/mol. The van der Waals surface area contributed by atoms with Crippen molar-refractivity contribution in [1.29, 1.82) is 0 Å². The summed E-state index contributed by atoms with van der Waals surface area (Å²) in [6.45, 7) is 0.464. The standard InChI is InChI=1S/C20H17N5O/c26-20(19-11-14-25(23-19)15-24-13-4-12-21-24)22-18-9-7-17(8-10-18)16-5-2-1-3-6-16/h1-14H,15H2,(H,22,26). The van der Waals surface area contributed by atoms with Crippen LogP contribution in [-0.4, -0.2) is 25.5 Å². The van der Waals surface area contributed by atoms with Gasteiger partial charge in [0.05, 0.1) is 0 Å². The highest BCUT2D eigenvalue weighted by atomic mass is 16.1. The van der Waals surface area contributed by atoms with E-state index in [4.69, 9.17) is 0 Å². The Bertz CT molecular complexity index is 988. The summed E-state index contributed by atoms with van der Waals surface area (Å²) in [5, 5.41) is 11.3. The molecule has 0 radical (unpaired) electrons. The van der Waals surface area contributed by atoms with Crippen molar-refractivity contribution in [1.82, 2.24) is 19.6 Å². The van der Waals surface area contributed by atoms with Crippen LogP contribution < -0.4 is 5.32 Å². The fourth-order valence-corrected chi connectivity index (χ4v) is 2.67. The second-order valence-corrected chi connectivity index (χ2v) is 5.82. The summed E-state index contributed by atoms with van der Waals surface area (Å²) >= 11 is 0. The number of aromatic nitrogens is 4. The number of nitrogens with one attached hydrogen (secondary N) is 1. The summed E-state index contributed by atoms with van der Waals surface area (Å²) < 4.78 is 3.40. The molecule has 6 nitrogen and oxygen atoms in total. The molecule has 0 spiro atoms. The molecule has 0 aliphatic heterocycles. The van der Waals surface area contributed by atoms with E-state index in [1.54, 1.807) is 27.8 Å². The lowest BCUT2D eigenvalue weighted by atomic mass is 10.1. The lowest BCUT2D eigenvalue weighted by molar-refractivity contribution is 0.102. The zero-order valence-electron chi connectivity index (χ0n) is 14.0. The Balaban J connectivity index is 1.42. The van der Waals surface area contributed by atoms with Gasteiger partial charge < -0.3 is 5.32 Å². The van der Waals surface area contributed by atoms with Crippen molar-refractivity contribution in [3.63, 3.8) is 0 Å². The van der Waals surface area contributed by atoms with Crippen LogP contribution in [0.2, 0.25) is 0 Å². The summed E-state index contributed by atoms with van der Waals surface area (Å²) in [6, 6.07) is 21.4. The molecule has 2 heterocycles. The van der Waals surface area contributed by atoms with Crippen LogP contribution in [0.1, 0.15) is 10.5 Å². The SMILES string of the molecule is O=C(Nc1ccc(-c2ccccc2)cc1)c1ccn(Cn2cccn2)n1. The molecule has 0 fully saturated rings. The van der Waals surface area contributed by atoms with Crippen LogP contribution in [0.25, 0.3) is 11.1 Å². The molecule has 6 heteroatoms. The molecule has 0 unspecified atom stereocenters. The van der Waals surface area contributed by atoms with Gasteiger partial charge in [0.2, 0.25) is 0 Å². The van der Waals surface area contributed by atoms with Crippen LogP contribution in [0.5, 0.6) is 0 Å². The maximum Gasteiger partial charge on any atom is 0.276 e. The molecule has 4 aromatic rings. The molecule has 0 aliphatic carbocycles. The first-order valence-electron chi connectivity index (χ1n) is 8.26. The Morgan fingerprint density at radius 3 is 2.35 bits per heavy atom. The number of carbonyl (C=O) groups excluding carboxylic acids is 1. The van der Waals surface area contributed by atoms with Gasteiger partial charge >= 0.3 is 0 Å². The summed E-state index contributed by atoms with van der Waals surface area (Å²) in [5.74, 6) is -0.239. The van der Waals surface area contributed by atoms with Crippen molar-refractivity contribution >= 4 is 11.6 Å². The molecule has 26 heavy (non-hydrogen) atoms. The molecular formula is C20H17N5O. The zero-order valence-corrected chi connectivity index (χ0v) is 14.0. The summed E-state index contributed by atoms with van der Waals surface area (Å²) in [5.41, 5.74) is 3.34. The van der Waals surface area contributed by atoms with E-state index in [9.17, 15) is 4.79 Å². The largest absolute Gasteiger partial charge is 0.321 e. The molecule has 0 bridgehead atoms. The molecule has 0 atom stereocenters. The first kappa shape index (κ1) is 15.8. The van der Waals surface area contributed by atoms with Crippen LogP contribution in [0.3, 0.4) is 0 Å². The van der Waals surface area contributed by atoms with Crippen molar-refractivity contribution in [2.75, 3.05) is 5.32 Å². The van der Waals surface area contributed by atoms with Crippen LogP contribution in [0.15, 0.2) is 85.3 Å². The maximum atomic E-state index is 12.4. The Hall–Kier alpha value is -3.67. The second kappa shape index (κ2) is 7.06. The van der Waals surface area contributed by atoms with Crippen molar-refractivity contribution in [2.24, 2.45) is 0 Å². The summed E-state index contributed by atoms with van der Waals surface area (Å²) in [6.07, 6.45) is 5.31. The minimum absolute atomic E-state index is 0.239. The Kier molecular flexibility index (Phi) is 4.30. The van der Waals surface area contributed by atoms with Crippen LogP contribution in [-0.2, 0) is 6.67 Å². The van der Waals surface area contributed by atoms with Crippen LogP contribution >= 0.6 is 0 Å². The first-order chi connectivity index (χ1) is 12.8. The fourth-order valence-electron chi connectivity index (χ4n) is 2.67. The monoisotopic (exact) mass is 343 g/mol. The third-order valence-electron chi connectivity index (χ3n) is 3.97. The van der Waals surface area contributed by atoms with E-state index in [0.29, 0.717) is 12.4 Å². The van der Waals surface area contributed by atoms with Gasteiger partial charge in [-0.3, -0.25) is 14.2 Å². The predicted octanol–water partition coefficient (Wildman–Crippen LogP) is 3.50. The summed E-state index contributed by atoms with van der Waals surface area (Å²) in [4.78, 5) is 12.4. The normalized spacial score (nSPS) is 10.6. The zero-order chi connectivity index (χ0) is 17.8. The quantitative estimate of drug-likeness (QED) is 0.603. The van der Waals surface area contributed by atoms with Gasteiger partial charge in [-0.05, 0) is 35.4 Å². The number of amides is 1. The number of carbonyl (C=O) groups is 1. The van der Waals surface area contributed by atoms with E-state index in [2.05, 4.69) is 27.6 Å². The highest BCUT2D eigenvalue weighted by molar-refractivity contribution is 6.02. The number of benzene rings is 2. The van der Waals surface area contributed by atoms with Gasteiger partial charge in [-0.1, -0.05) is 42.5 Å². The van der Waals surface area contributed by atoms with E-state index in [0.717, 1.165) is 16.8 Å². The number of rotatable bonds is 5. The molecule has 4 rings (SSSR count). The van der Waals surface area contributed by atoms with Crippen molar-refractivity contribution in [3.8, 4) is 11.1 Å². The average Bonchev–Trinajstić information content (AvgIpc) is 3.36. The third-order valence-corrected chi connectivity index (χ3v) is 3.97. The molecule has 0 saturated heterocycles. The van der Waals surface area contributed by atoms with Crippen molar-refractivity contribution in [3.05, 3.63) is 91.0 Å². The molecule has 1 amide bonds. The van der Waals surface area contributed by atoms with E-state index in [-0.39, 0.29) is 5.91 Å². The van der Waals surface area contributed by atoms with Gasteiger partial charge in [0.1, 0.15) is 6.67 Å². The highest BCUT2D eigenvalue weighted by Crippen LogP contribution is 2.21. The predicted molar refractivity (Wildman–Crippen MR) is 99.7 cm³/mol. The van der Waals surface area contributed by atoms with Gasteiger partial charge in [-0.2, -0.15) is 10.2 Å². The molecule has 1 N–H and O–H groups in total. The minimum atomic E-state index is -0.239. The number of anilines is 1. The topological polar surface area (TPSA) is 64.7 Å². The Morgan fingerprint density at radius 2 is 1.62 bits per heavy atom. The Morgan fingerprint density at radius 1 is 0.846 bits per heavy atom. The highest BCUT2D eigenvalue weighted by Gasteiger charge is 2.10. The van der Waals surface area contributed by atoms with Gasteiger partial charge in [-0.15, -0.1) is 0 Å². The molecular weight excluding hydrogens is 326 g/mol. The van der Waals surface area contributed by atoms with Gasteiger partial charge in [0, 0.05) is 24.3 Å². The first-order valence-corrected chi connectivity index (χ1v) is 8.26. The smallest absolute Gasteiger partial charge is 0.276 e. The van der Waals surface area contributed by atoms with Crippen LogP contribution in [0.4, 0.5) is 5.69 Å². The van der Waals surface area contributed by atoms with E-state index in [1.807, 2.05) is 54.7 Å². The number of nitrogens with zero attached hydrogens (tertiary/aromatic N) is 4. The van der Waals surface area contributed by atoms with E-state index in [1.165, 1.54) is 0 Å². The van der Waals surface area contributed by atoms with Gasteiger partial charge in [0.15, 0.2) is 5.69 Å². The molecule has 128 valence electrons. The van der Waals surface area contributed by atoms with E-state index < -0.39 is 0 Å². The molecule has 0 aliphatic rings. The lowest BCUT2D eigenvalue weighted by Crippen LogP contribution is -2.14. The minimum Gasteiger partial charge on any atom is -0.321 e. The van der Waals surface area contributed by atoms with Gasteiger partial charge in [-0.25, -0.2) is 0 Å². The fraction of sp³-hybridized carbons (Fsp3) is 0.0500. The van der Waals surface area contributed by atoms with Gasteiger partial charge in [0.25, 0.3) is 5.91 Å². The number of hydrogen-bond donors (Lipinski definition) is 1. The number of hydrogen-bond acceptors (Lipinski definition) is 3. The lowest BCUT2D eigenvalue weighted by Gasteiger charge is -2.06. The molecule has 0 saturated carbocycles. The summed E-state index contributed by atoms with van der Waals surface area (Å²) in [7, 11) is 0.